The van der Waals surface area contributed by atoms with Gasteiger partial charge in [-0.25, -0.2) is 0 Å². The fraction of sp³-hybridized carbons (Fsp3) is 0.700. The minimum Gasteiger partial charge on any atom is -0.356 e. The van der Waals surface area contributed by atoms with Crippen molar-refractivity contribution in [2.75, 3.05) is 19.6 Å². The average molecular weight is 252 g/mol. The molecule has 0 aromatic carbocycles. The third-order valence-corrected chi connectivity index (χ3v) is 3.08. The molecule has 0 spiro atoms. The predicted octanol–water partition coefficient (Wildman–Crippen LogP) is -0.812. The first-order valence-electron chi connectivity index (χ1n) is 5.94. The minimum atomic E-state index is -0.193. The Balaban J connectivity index is 1.80. The smallest absolute Gasteiger partial charge is 0.295 e. The summed E-state index contributed by atoms with van der Waals surface area (Å²) < 4.78 is 0. The van der Waals surface area contributed by atoms with Crippen molar-refractivity contribution in [1.29, 1.82) is 0 Å². The number of rotatable bonds is 3. The molecule has 18 heavy (non-hydrogen) atoms. The predicted molar refractivity (Wildman–Crippen MR) is 61.5 cm³/mol. The number of aromatic nitrogens is 4. The highest BCUT2D eigenvalue weighted by atomic mass is 16.2. The SMILES string of the molecule is CC(=O)NCC1CCN(C(=O)c2nn[nH]n2)CC1. The van der Waals surface area contributed by atoms with Crippen molar-refractivity contribution in [3.63, 3.8) is 0 Å². The number of tetrazole rings is 1. The molecule has 2 N–H and O–H groups in total. The third-order valence-electron chi connectivity index (χ3n) is 3.08. The van der Waals surface area contributed by atoms with Gasteiger partial charge in [0, 0.05) is 26.6 Å². The van der Waals surface area contributed by atoms with Gasteiger partial charge >= 0.3 is 0 Å². The zero-order chi connectivity index (χ0) is 13.0. The van der Waals surface area contributed by atoms with E-state index >= 15 is 0 Å². The third kappa shape index (κ3) is 3.02. The van der Waals surface area contributed by atoms with Crippen molar-refractivity contribution < 1.29 is 9.59 Å². The Kier molecular flexibility index (Phi) is 3.85. The van der Waals surface area contributed by atoms with Gasteiger partial charge in [-0.3, -0.25) is 9.59 Å². The highest BCUT2D eigenvalue weighted by Crippen LogP contribution is 2.17. The van der Waals surface area contributed by atoms with E-state index in [1.54, 1.807) is 4.90 Å². The number of hydrogen-bond acceptors (Lipinski definition) is 5. The number of likely N-dealkylation sites (tertiary alicyclic amines) is 1. The second kappa shape index (κ2) is 5.56. The largest absolute Gasteiger partial charge is 0.356 e. The van der Waals surface area contributed by atoms with Gasteiger partial charge in [-0.05, 0) is 24.0 Å². The quantitative estimate of drug-likeness (QED) is 0.732. The summed E-state index contributed by atoms with van der Waals surface area (Å²) in [5.41, 5.74) is 0. The summed E-state index contributed by atoms with van der Waals surface area (Å²) in [7, 11) is 0. The highest BCUT2D eigenvalue weighted by Gasteiger charge is 2.25. The Morgan fingerprint density at radius 2 is 2.17 bits per heavy atom. The molecule has 8 nitrogen and oxygen atoms in total. The standard InChI is InChI=1S/C10H16N6O2/c1-7(17)11-6-8-2-4-16(5-3-8)10(18)9-12-14-15-13-9/h8H,2-6H2,1H3,(H,11,17)(H,12,13,14,15). The summed E-state index contributed by atoms with van der Waals surface area (Å²) in [6.07, 6.45) is 1.76. The molecular formula is C10H16N6O2. The zero-order valence-electron chi connectivity index (χ0n) is 10.2. The highest BCUT2D eigenvalue weighted by molar-refractivity contribution is 5.90. The van der Waals surface area contributed by atoms with Gasteiger partial charge in [0.15, 0.2) is 0 Å². The number of carbonyl (C=O) groups excluding carboxylic acids is 2. The second-order valence-electron chi connectivity index (χ2n) is 4.41. The summed E-state index contributed by atoms with van der Waals surface area (Å²) in [6.45, 7) is 3.52. The molecule has 2 amide bonds. The lowest BCUT2D eigenvalue weighted by Gasteiger charge is -2.31. The molecule has 0 atom stereocenters. The summed E-state index contributed by atoms with van der Waals surface area (Å²) in [5.74, 6) is 0.334. The van der Waals surface area contributed by atoms with Crippen LogP contribution in [0.25, 0.3) is 0 Å². The molecule has 0 aliphatic carbocycles. The number of nitrogens with zero attached hydrogens (tertiary/aromatic N) is 4. The number of H-pyrrole nitrogens is 1. The van der Waals surface area contributed by atoms with Crippen molar-refractivity contribution in [2.45, 2.75) is 19.8 Å². The summed E-state index contributed by atoms with van der Waals surface area (Å²) in [5, 5.41) is 15.8. The Morgan fingerprint density at radius 3 is 2.72 bits per heavy atom. The zero-order valence-corrected chi connectivity index (χ0v) is 10.2. The molecule has 1 saturated heterocycles. The Morgan fingerprint density at radius 1 is 1.44 bits per heavy atom. The van der Waals surface area contributed by atoms with Crippen LogP contribution in [0.1, 0.15) is 30.4 Å². The lowest BCUT2D eigenvalue weighted by atomic mass is 9.96. The van der Waals surface area contributed by atoms with E-state index in [0.717, 1.165) is 12.8 Å². The first-order chi connectivity index (χ1) is 8.66. The number of piperidine rings is 1. The summed E-state index contributed by atoms with van der Waals surface area (Å²) >= 11 is 0. The van der Waals surface area contributed by atoms with E-state index in [1.165, 1.54) is 6.92 Å². The van der Waals surface area contributed by atoms with Crippen LogP contribution in [0.15, 0.2) is 0 Å². The van der Waals surface area contributed by atoms with E-state index in [9.17, 15) is 9.59 Å². The van der Waals surface area contributed by atoms with Crippen LogP contribution in [0.2, 0.25) is 0 Å². The molecule has 1 aromatic heterocycles. The molecule has 1 aliphatic heterocycles. The molecule has 0 unspecified atom stereocenters. The van der Waals surface area contributed by atoms with Crippen molar-refractivity contribution in [3.05, 3.63) is 5.82 Å². The van der Waals surface area contributed by atoms with Gasteiger partial charge in [0.2, 0.25) is 5.91 Å². The van der Waals surface area contributed by atoms with Crippen LogP contribution in [0.3, 0.4) is 0 Å². The fourth-order valence-corrected chi connectivity index (χ4v) is 2.02. The Hall–Kier alpha value is -1.99. The van der Waals surface area contributed by atoms with Gasteiger partial charge in [0.25, 0.3) is 11.7 Å². The first kappa shape index (κ1) is 12.5. The molecule has 2 rings (SSSR count). The molecule has 1 aliphatic rings. The van der Waals surface area contributed by atoms with Crippen LogP contribution < -0.4 is 5.32 Å². The molecular weight excluding hydrogens is 236 g/mol. The lowest BCUT2D eigenvalue weighted by molar-refractivity contribution is -0.119. The lowest BCUT2D eigenvalue weighted by Crippen LogP contribution is -2.41. The molecule has 0 radical (unpaired) electrons. The number of carbonyl (C=O) groups is 2. The molecule has 98 valence electrons. The molecule has 0 saturated carbocycles. The summed E-state index contributed by atoms with van der Waals surface area (Å²) in [4.78, 5) is 24.4. The molecule has 0 bridgehead atoms. The first-order valence-corrected chi connectivity index (χ1v) is 5.94. The topological polar surface area (TPSA) is 104 Å². The normalized spacial score (nSPS) is 16.6. The number of aromatic amines is 1. The fourth-order valence-electron chi connectivity index (χ4n) is 2.02. The monoisotopic (exact) mass is 252 g/mol. The Labute approximate surface area is 104 Å². The maximum absolute atomic E-state index is 11.9. The van der Waals surface area contributed by atoms with Crippen molar-refractivity contribution in [2.24, 2.45) is 5.92 Å². The van der Waals surface area contributed by atoms with Crippen LogP contribution in [-0.2, 0) is 4.79 Å². The Bertz CT molecular complexity index is 410. The van der Waals surface area contributed by atoms with Crippen molar-refractivity contribution in [3.8, 4) is 0 Å². The average Bonchev–Trinajstić information content (AvgIpc) is 2.90. The van der Waals surface area contributed by atoms with E-state index in [2.05, 4.69) is 25.9 Å². The molecule has 1 aromatic rings. The molecule has 8 heteroatoms. The van der Waals surface area contributed by atoms with Crippen LogP contribution in [-0.4, -0.2) is 57.0 Å². The maximum Gasteiger partial charge on any atom is 0.295 e. The van der Waals surface area contributed by atoms with Crippen LogP contribution >= 0.6 is 0 Å². The van der Waals surface area contributed by atoms with Crippen LogP contribution in [0.5, 0.6) is 0 Å². The van der Waals surface area contributed by atoms with E-state index in [0.29, 0.717) is 25.6 Å². The van der Waals surface area contributed by atoms with Gasteiger partial charge in [-0.15, -0.1) is 10.2 Å². The maximum atomic E-state index is 11.9. The van der Waals surface area contributed by atoms with E-state index < -0.39 is 0 Å². The number of hydrogen-bond donors (Lipinski definition) is 2. The van der Waals surface area contributed by atoms with Crippen LogP contribution in [0, 0.1) is 5.92 Å². The van der Waals surface area contributed by atoms with Crippen molar-refractivity contribution in [1.82, 2.24) is 30.8 Å². The number of nitrogens with one attached hydrogen (secondary N) is 2. The number of amides is 2. The van der Waals surface area contributed by atoms with Crippen molar-refractivity contribution >= 4 is 11.8 Å². The van der Waals surface area contributed by atoms with Gasteiger partial charge in [-0.1, -0.05) is 0 Å². The van der Waals surface area contributed by atoms with Gasteiger partial charge < -0.3 is 10.2 Å². The molecule has 1 fully saturated rings. The molecule has 2 heterocycles. The summed E-state index contributed by atoms with van der Waals surface area (Å²) in [6, 6.07) is 0. The second-order valence-corrected chi connectivity index (χ2v) is 4.41. The van der Waals surface area contributed by atoms with E-state index in [-0.39, 0.29) is 17.6 Å². The van der Waals surface area contributed by atoms with Gasteiger partial charge in [0.05, 0.1) is 0 Å². The van der Waals surface area contributed by atoms with Crippen LogP contribution in [0.4, 0.5) is 0 Å². The van der Waals surface area contributed by atoms with Gasteiger partial charge in [-0.2, -0.15) is 5.21 Å². The van der Waals surface area contributed by atoms with E-state index in [1.807, 2.05) is 0 Å². The van der Waals surface area contributed by atoms with Gasteiger partial charge in [0.1, 0.15) is 0 Å². The minimum absolute atomic E-state index is 0.0136. The van der Waals surface area contributed by atoms with E-state index in [4.69, 9.17) is 0 Å².